The van der Waals surface area contributed by atoms with Crippen molar-refractivity contribution in [3.63, 3.8) is 0 Å². The van der Waals surface area contributed by atoms with Gasteiger partial charge < -0.3 is 15.0 Å². The maximum atomic E-state index is 12.5. The first-order valence-electron chi connectivity index (χ1n) is 9.18. The zero-order chi connectivity index (χ0) is 19.9. The predicted octanol–water partition coefficient (Wildman–Crippen LogP) is 4.28. The van der Waals surface area contributed by atoms with E-state index in [1.807, 2.05) is 68.4 Å². The number of rotatable bonds is 7. The van der Waals surface area contributed by atoms with Gasteiger partial charge in [0.2, 0.25) is 0 Å². The van der Waals surface area contributed by atoms with Gasteiger partial charge in [-0.1, -0.05) is 30.3 Å². The summed E-state index contributed by atoms with van der Waals surface area (Å²) in [5.74, 6) is 1.21. The van der Waals surface area contributed by atoms with Gasteiger partial charge in [0.05, 0.1) is 6.10 Å². The Morgan fingerprint density at radius 2 is 1.71 bits per heavy atom. The van der Waals surface area contributed by atoms with Crippen molar-refractivity contribution in [1.29, 1.82) is 0 Å². The summed E-state index contributed by atoms with van der Waals surface area (Å²) in [5.41, 5.74) is 2.24. The second kappa shape index (κ2) is 8.99. The van der Waals surface area contributed by atoms with E-state index < -0.39 is 0 Å². The molecular weight excluding hydrogens is 352 g/mol. The van der Waals surface area contributed by atoms with E-state index in [1.165, 1.54) is 0 Å². The molecule has 0 saturated heterocycles. The minimum Gasteiger partial charge on any atom is -0.491 e. The van der Waals surface area contributed by atoms with Crippen LogP contribution in [0.15, 0.2) is 66.7 Å². The van der Waals surface area contributed by atoms with Crippen LogP contribution in [0.1, 0.15) is 29.9 Å². The molecule has 0 unspecified atom stereocenters. The molecule has 0 bridgehead atoms. The van der Waals surface area contributed by atoms with E-state index in [1.54, 1.807) is 24.1 Å². The molecule has 0 fully saturated rings. The van der Waals surface area contributed by atoms with E-state index in [4.69, 9.17) is 4.74 Å². The number of ether oxygens (including phenoxy) is 1. The first-order chi connectivity index (χ1) is 13.5. The summed E-state index contributed by atoms with van der Waals surface area (Å²) in [5, 5.41) is 11.3. The number of hydrogen-bond donors (Lipinski definition) is 1. The first kappa shape index (κ1) is 19.4. The molecule has 0 aliphatic heterocycles. The van der Waals surface area contributed by atoms with Crippen LogP contribution in [-0.2, 0) is 6.54 Å². The van der Waals surface area contributed by atoms with Crippen LogP contribution in [0.5, 0.6) is 5.75 Å². The highest BCUT2D eigenvalue weighted by Gasteiger charge is 2.14. The number of anilines is 2. The zero-order valence-corrected chi connectivity index (χ0v) is 16.3. The number of carbonyl (C=O) groups is 1. The Morgan fingerprint density at radius 3 is 2.32 bits per heavy atom. The smallest absolute Gasteiger partial charge is 0.274 e. The minimum absolute atomic E-state index is 0.134. The Morgan fingerprint density at radius 1 is 1.00 bits per heavy atom. The van der Waals surface area contributed by atoms with Crippen LogP contribution in [0.4, 0.5) is 11.5 Å². The molecule has 0 spiro atoms. The van der Waals surface area contributed by atoms with E-state index in [0.29, 0.717) is 18.1 Å². The molecule has 0 aliphatic carbocycles. The van der Waals surface area contributed by atoms with E-state index in [2.05, 4.69) is 15.5 Å². The van der Waals surface area contributed by atoms with E-state index in [0.717, 1.165) is 17.0 Å². The number of aromatic nitrogens is 2. The van der Waals surface area contributed by atoms with Crippen LogP contribution in [0.25, 0.3) is 0 Å². The quantitative estimate of drug-likeness (QED) is 0.667. The maximum Gasteiger partial charge on any atom is 0.274 e. The zero-order valence-electron chi connectivity index (χ0n) is 16.3. The fourth-order valence-corrected chi connectivity index (χ4v) is 2.67. The van der Waals surface area contributed by atoms with Crippen LogP contribution in [0.3, 0.4) is 0 Å². The lowest BCUT2D eigenvalue weighted by molar-refractivity contribution is 0.0778. The van der Waals surface area contributed by atoms with Crippen molar-refractivity contribution in [2.45, 2.75) is 26.5 Å². The van der Waals surface area contributed by atoms with E-state index >= 15 is 0 Å². The van der Waals surface area contributed by atoms with Crippen LogP contribution in [0, 0.1) is 0 Å². The van der Waals surface area contributed by atoms with Gasteiger partial charge in [-0.3, -0.25) is 4.79 Å². The number of amides is 1. The van der Waals surface area contributed by atoms with Crippen LogP contribution < -0.4 is 10.1 Å². The third kappa shape index (κ3) is 5.30. The monoisotopic (exact) mass is 376 g/mol. The topological polar surface area (TPSA) is 67.3 Å². The molecule has 6 nitrogen and oxygen atoms in total. The first-order valence-corrected chi connectivity index (χ1v) is 9.18. The Hall–Kier alpha value is -3.41. The van der Waals surface area contributed by atoms with Gasteiger partial charge in [0.25, 0.3) is 5.91 Å². The van der Waals surface area contributed by atoms with E-state index in [9.17, 15) is 4.79 Å². The van der Waals surface area contributed by atoms with Crippen molar-refractivity contribution in [2.75, 3.05) is 12.4 Å². The third-order valence-corrected chi connectivity index (χ3v) is 3.99. The fraction of sp³-hybridized carbons (Fsp3) is 0.227. The van der Waals surface area contributed by atoms with Crippen molar-refractivity contribution >= 4 is 17.4 Å². The van der Waals surface area contributed by atoms with Gasteiger partial charge >= 0.3 is 0 Å². The Bertz CT molecular complexity index is 894. The molecule has 3 aromatic rings. The third-order valence-electron chi connectivity index (χ3n) is 3.99. The number of benzene rings is 2. The van der Waals surface area contributed by atoms with Crippen molar-refractivity contribution in [3.8, 4) is 5.75 Å². The molecule has 0 aliphatic rings. The van der Waals surface area contributed by atoms with Gasteiger partial charge in [-0.25, -0.2) is 0 Å². The Labute approximate surface area is 165 Å². The molecule has 0 saturated carbocycles. The summed E-state index contributed by atoms with van der Waals surface area (Å²) in [6, 6.07) is 20.9. The van der Waals surface area contributed by atoms with Gasteiger partial charge in [0, 0.05) is 19.3 Å². The van der Waals surface area contributed by atoms with Gasteiger partial charge in [-0.2, -0.15) is 0 Å². The van der Waals surface area contributed by atoms with Crippen molar-refractivity contribution in [3.05, 3.63) is 78.0 Å². The van der Waals surface area contributed by atoms with Gasteiger partial charge in [0.15, 0.2) is 11.5 Å². The lowest BCUT2D eigenvalue weighted by atomic mass is 10.2. The van der Waals surface area contributed by atoms with E-state index in [-0.39, 0.29) is 12.0 Å². The van der Waals surface area contributed by atoms with Crippen molar-refractivity contribution in [2.24, 2.45) is 0 Å². The molecular formula is C22H24N4O2. The standard InChI is InChI=1S/C22H24N4O2/c1-16(2)28-19-11-9-18(10-12-19)23-21-14-13-20(24-25-21)22(27)26(3)15-17-7-5-4-6-8-17/h4-14,16H,15H2,1-3H3,(H,23,25). The molecule has 6 heteroatoms. The largest absolute Gasteiger partial charge is 0.491 e. The lowest BCUT2D eigenvalue weighted by Crippen LogP contribution is -2.27. The molecule has 0 radical (unpaired) electrons. The summed E-state index contributed by atoms with van der Waals surface area (Å²) in [6.07, 6.45) is 0.134. The van der Waals surface area contributed by atoms with Gasteiger partial charge in [-0.05, 0) is 55.8 Å². The molecule has 28 heavy (non-hydrogen) atoms. The number of nitrogens with one attached hydrogen (secondary N) is 1. The minimum atomic E-state index is -0.168. The molecule has 3 rings (SSSR count). The van der Waals surface area contributed by atoms with Gasteiger partial charge in [-0.15, -0.1) is 10.2 Å². The number of hydrogen-bond acceptors (Lipinski definition) is 5. The normalized spacial score (nSPS) is 10.6. The molecule has 0 atom stereocenters. The molecule has 1 N–H and O–H groups in total. The number of nitrogens with zero attached hydrogens (tertiary/aromatic N) is 3. The average Bonchev–Trinajstić information content (AvgIpc) is 2.70. The number of carbonyl (C=O) groups excluding carboxylic acids is 1. The SMILES string of the molecule is CC(C)Oc1ccc(Nc2ccc(C(=O)N(C)Cc3ccccc3)nn2)cc1. The summed E-state index contributed by atoms with van der Waals surface area (Å²) in [4.78, 5) is 14.2. The lowest BCUT2D eigenvalue weighted by Gasteiger charge is -2.16. The summed E-state index contributed by atoms with van der Waals surface area (Å²) in [7, 11) is 1.75. The second-order valence-electron chi connectivity index (χ2n) is 6.77. The molecule has 1 heterocycles. The van der Waals surface area contributed by atoms with Crippen molar-refractivity contribution in [1.82, 2.24) is 15.1 Å². The summed E-state index contributed by atoms with van der Waals surface area (Å²) in [6.45, 7) is 4.50. The van der Waals surface area contributed by atoms with Crippen LogP contribution in [0.2, 0.25) is 0 Å². The predicted molar refractivity (Wildman–Crippen MR) is 110 cm³/mol. The molecule has 144 valence electrons. The fourth-order valence-electron chi connectivity index (χ4n) is 2.67. The molecule has 1 amide bonds. The second-order valence-corrected chi connectivity index (χ2v) is 6.77. The summed E-state index contributed by atoms with van der Waals surface area (Å²) >= 11 is 0. The van der Waals surface area contributed by atoms with Crippen LogP contribution >= 0.6 is 0 Å². The highest BCUT2D eigenvalue weighted by molar-refractivity contribution is 5.92. The summed E-state index contributed by atoms with van der Waals surface area (Å²) < 4.78 is 5.63. The Kier molecular flexibility index (Phi) is 6.22. The highest BCUT2D eigenvalue weighted by Crippen LogP contribution is 2.19. The molecule has 2 aromatic carbocycles. The highest BCUT2D eigenvalue weighted by atomic mass is 16.5. The van der Waals surface area contributed by atoms with Gasteiger partial charge in [0.1, 0.15) is 5.75 Å². The Balaban J connectivity index is 1.60. The van der Waals surface area contributed by atoms with Crippen LogP contribution in [-0.4, -0.2) is 34.2 Å². The maximum absolute atomic E-state index is 12.5. The average molecular weight is 376 g/mol. The molecule has 1 aromatic heterocycles. The van der Waals surface area contributed by atoms with Crippen molar-refractivity contribution < 1.29 is 9.53 Å².